The van der Waals surface area contributed by atoms with Gasteiger partial charge in [0.25, 0.3) is 0 Å². The van der Waals surface area contributed by atoms with Crippen molar-refractivity contribution in [1.29, 1.82) is 0 Å². The van der Waals surface area contributed by atoms with Crippen molar-refractivity contribution < 1.29 is 0 Å². The molecule has 0 unspecified atom stereocenters. The van der Waals surface area contributed by atoms with Crippen LogP contribution in [0, 0.1) is 0 Å². The van der Waals surface area contributed by atoms with Crippen LogP contribution < -0.4 is 22.5 Å². The van der Waals surface area contributed by atoms with Crippen LogP contribution in [0.25, 0.3) is 5.65 Å². The largest absolute Gasteiger partial charge is 0.396 e. The molecule has 1 aromatic carbocycles. The summed E-state index contributed by atoms with van der Waals surface area (Å²) in [6.07, 6.45) is 6.24. The third kappa shape index (κ3) is 3.36. The van der Waals surface area contributed by atoms with E-state index in [9.17, 15) is 0 Å². The van der Waals surface area contributed by atoms with Gasteiger partial charge in [-0.3, -0.25) is 0 Å². The van der Waals surface area contributed by atoms with E-state index in [0.29, 0.717) is 35.7 Å². The first-order valence-electron chi connectivity index (χ1n) is 9.10. The fourth-order valence-corrected chi connectivity index (χ4v) is 3.56. The maximum Gasteiger partial charge on any atom is 0.177 e. The van der Waals surface area contributed by atoms with Gasteiger partial charge in [-0.25, -0.2) is 9.50 Å². The first kappa shape index (κ1) is 16.8. The topological polar surface area (TPSA) is 120 Å². The van der Waals surface area contributed by atoms with Crippen molar-refractivity contribution in [2.45, 2.75) is 44.2 Å². The average Bonchev–Trinajstić information content (AvgIpc) is 3.08. The molecule has 4 rings (SSSR count). The number of nitrogen functional groups attached to an aromatic ring is 1. The molecule has 7 nitrogen and oxygen atoms in total. The quantitative estimate of drug-likeness (QED) is 0.573. The van der Waals surface area contributed by atoms with Crippen LogP contribution in [-0.4, -0.2) is 20.6 Å². The number of aromatic nitrogens is 3. The molecule has 3 aromatic rings. The van der Waals surface area contributed by atoms with E-state index in [1.165, 1.54) is 0 Å². The third-order valence-corrected chi connectivity index (χ3v) is 5.12. The summed E-state index contributed by atoms with van der Waals surface area (Å²) in [4.78, 5) is 4.72. The van der Waals surface area contributed by atoms with Crippen LogP contribution in [0.2, 0.25) is 0 Å². The molecule has 7 heteroatoms. The molecule has 0 bridgehead atoms. The molecule has 0 radical (unpaired) electrons. The molecule has 1 saturated carbocycles. The summed E-state index contributed by atoms with van der Waals surface area (Å²) in [5, 5.41) is 7.90. The normalized spacial score (nSPS) is 20.4. The highest BCUT2D eigenvalue weighted by molar-refractivity contribution is 5.70. The van der Waals surface area contributed by atoms with E-state index in [4.69, 9.17) is 22.2 Å². The van der Waals surface area contributed by atoms with E-state index in [1.807, 2.05) is 36.5 Å². The number of imidazole rings is 1. The molecule has 0 aliphatic heterocycles. The summed E-state index contributed by atoms with van der Waals surface area (Å²) in [6, 6.07) is 10.1. The van der Waals surface area contributed by atoms with Crippen LogP contribution in [0.1, 0.15) is 42.9 Å². The minimum atomic E-state index is 0.327. The Morgan fingerprint density at radius 3 is 2.54 bits per heavy atom. The molecule has 2 aromatic heterocycles. The monoisotopic (exact) mass is 351 g/mol. The zero-order valence-corrected chi connectivity index (χ0v) is 14.7. The fraction of sp³-hybridized carbons (Fsp3) is 0.368. The lowest BCUT2D eigenvalue weighted by Gasteiger charge is -2.24. The van der Waals surface area contributed by atoms with Crippen molar-refractivity contribution in [3.8, 4) is 0 Å². The minimum Gasteiger partial charge on any atom is -0.396 e. The lowest BCUT2D eigenvalue weighted by atomic mass is 9.85. The van der Waals surface area contributed by atoms with Gasteiger partial charge in [0.1, 0.15) is 0 Å². The van der Waals surface area contributed by atoms with Crippen LogP contribution in [0.3, 0.4) is 0 Å². The molecule has 0 saturated heterocycles. The number of nitrogens with one attached hydrogen (secondary N) is 1. The Hall–Kier alpha value is -2.64. The van der Waals surface area contributed by atoms with Gasteiger partial charge in [-0.15, -0.1) is 5.10 Å². The average molecular weight is 351 g/mol. The van der Waals surface area contributed by atoms with Gasteiger partial charge in [0.2, 0.25) is 0 Å². The predicted molar refractivity (Wildman–Crippen MR) is 104 cm³/mol. The van der Waals surface area contributed by atoms with Crippen molar-refractivity contribution in [2.24, 2.45) is 11.5 Å². The number of rotatable bonds is 4. The summed E-state index contributed by atoms with van der Waals surface area (Å²) in [7, 11) is 0. The molecule has 1 fully saturated rings. The minimum absolute atomic E-state index is 0.327. The van der Waals surface area contributed by atoms with E-state index in [-0.39, 0.29) is 0 Å². The third-order valence-electron chi connectivity index (χ3n) is 5.12. The van der Waals surface area contributed by atoms with Gasteiger partial charge in [0.15, 0.2) is 11.5 Å². The summed E-state index contributed by atoms with van der Waals surface area (Å²) >= 11 is 0. The SMILES string of the molecule is NCc1ccc(Nc2cc(N)c3nc([C@H]4CC[C@H](N)CC4)cn3n2)cc1. The number of fused-ring (bicyclic) bond motifs is 1. The Morgan fingerprint density at radius 1 is 1.12 bits per heavy atom. The Labute approximate surface area is 152 Å². The molecule has 26 heavy (non-hydrogen) atoms. The van der Waals surface area contributed by atoms with Gasteiger partial charge in [-0.2, -0.15) is 0 Å². The van der Waals surface area contributed by atoms with Gasteiger partial charge < -0.3 is 22.5 Å². The molecular weight excluding hydrogens is 326 g/mol. The number of benzene rings is 1. The summed E-state index contributed by atoms with van der Waals surface area (Å²) in [5.74, 6) is 1.13. The zero-order chi connectivity index (χ0) is 18.1. The van der Waals surface area contributed by atoms with E-state index < -0.39 is 0 Å². The van der Waals surface area contributed by atoms with Crippen molar-refractivity contribution in [1.82, 2.24) is 14.6 Å². The van der Waals surface area contributed by atoms with Gasteiger partial charge >= 0.3 is 0 Å². The number of anilines is 3. The van der Waals surface area contributed by atoms with Crippen molar-refractivity contribution in [3.05, 3.63) is 47.8 Å². The molecule has 1 aliphatic rings. The van der Waals surface area contributed by atoms with E-state index in [2.05, 4.69) is 10.4 Å². The molecular formula is C19H25N7. The highest BCUT2D eigenvalue weighted by Gasteiger charge is 2.23. The predicted octanol–water partition coefficient (Wildman–Crippen LogP) is 2.50. The molecule has 2 heterocycles. The Balaban J connectivity index is 1.59. The van der Waals surface area contributed by atoms with E-state index in [0.717, 1.165) is 42.6 Å². The van der Waals surface area contributed by atoms with Crippen LogP contribution in [0.15, 0.2) is 36.5 Å². The first-order chi connectivity index (χ1) is 12.6. The maximum atomic E-state index is 6.22. The number of hydrogen-bond donors (Lipinski definition) is 4. The van der Waals surface area contributed by atoms with E-state index in [1.54, 1.807) is 4.52 Å². The second-order valence-electron chi connectivity index (χ2n) is 7.06. The summed E-state index contributed by atoms with van der Waals surface area (Å²) in [5.41, 5.74) is 22.3. The van der Waals surface area contributed by atoms with Crippen LogP contribution in [0.4, 0.5) is 17.2 Å². The number of nitrogens with zero attached hydrogens (tertiary/aromatic N) is 3. The maximum absolute atomic E-state index is 6.22. The zero-order valence-electron chi connectivity index (χ0n) is 14.7. The Kier molecular flexibility index (Phi) is 4.48. The lowest BCUT2D eigenvalue weighted by Crippen LogP contribution is -2.25. The van der Waals surface area contributed by atoms with Gasteiger partial charge in [0.05, 0.1) is 17.6 Å². The van der Waals surface area contributed by atoms with Crippen molar-refractivity contribution in [2.75, 3.05) is 11.1 Å². The van der Waals surface area contributed by atoms with Crippen LogP contribution >= 0.6 is 0 Å². The van der Waals surface area contributed by atoms with Gasteiger partial charge in [-0.05, 0) is 43.4 Å². The van der Waals surface area contributed by atoms with Crippen LogP contribution in [0.5, 0.6) is 0 Å². The number of nitrogens with two attached hydrogens (primary N) is 3. The highest BCUT2D eigenvalue weighted by Crippen LogP contribution is 2.32. The standard InChI is InChI=1S/C19H25N7/c20-10-12-1-7-15(8-2-12)23-18-9-16(22)19-24-17(11-26(19)25-18)13-3-5-14(21)6-4-13/h1-2,7-9,11,13-14H,3-6,10,20-22H2,(H,23,25)/t13-,14-. The second-order valence-corrected chi connectivity index (χ2v) is 7.06. The van der Waals surface area contributed by atoms with Crippen LogP contribution in [-0.2, 0) is 6.54 Å². The first-order valence-corrected chi connectivity index (χ1v) is 9.10. The van der Waals surface area contributed by atoms with Gasteiger partial charge in [-0.1, -0.05) is 12.1 Å². The van der Waals surface area contributed by atoms with Crippen molar-refractivity contribution in [3.63, 3.8) is 0 Å². The molecule has 0 spiro atoms. The molecule has 7 N–H and O–H groups in total. The van der Waals surface area contributed by atoms with Gasteiger partial charge in [0, 0.05) is 30.3 Å². The smallest absolute Gasteiger partial charge is 0.177 e. The Bertz CT molecular complexity index is 892. The molecule has 136 valence electrons. The summed E-state index contributed by atoms with van der Waals surface area (Å²) in [6.45, 7) is 0.529. The van der Waals surface area contributed by atoms with E-state index >= 15 is 0 Å². The highest BCUT2D eigenvalue weighted by atomic mass is 15.3. The fourth-order valence-electron chi connectivity index (χ4n) is 3.56. The molecule has 1 aliphatic carbocycles. The van der Waals surface area contributed by atoms with Crippen molar-refractivity contribution >= 4 is 22.8 Å². The molecule has 0 atom stereocenters. The lowest BCUT2D eigenvalue weighted by molar-refractivity contribution is 0.391. The summed E-state index contributed by atoms with van der Waals surface area (Å²) < 4.78 is 1.77. The molecule has 0 amide bonds. The number of hydrogen-bond acceptors (Lipinski definition) is 6. The second kappa shape index (κ2) is 6.93. The Morgan fingerprint density at radius 2 is 1.85 bits per heavy atom.